The van der Waals surface area contributed by atoms with Crippen LogP contribution >= 0.6 is 0 Å². The van der Waals surface area contributed by atoms with E-state index in [1.807, 2.05) is 6.92 Å². The van der Waals surface area contributed by atoms with E-state index in [-0.39, 0.29) is 11.3 Å². The minimum absolute atomic E-state index is 0.0171. The second kappa shape index (κ2) is 12.6. The Labute approximate surface area is 207 Å². The Kier molecular flexibility index (Phi) is 9.79. The van der Waals surface area contributed by atoms with Crippen LogP contribution in [0.25, 0.3) is 0 Å². The zero-order valence-corrected chi connectivity index (χ0v) is 21.0. The highest BCUT2D eigenvalue weighted by atomic mass is 32.2. The normalized spacial score (nSPS) is 19.8. The van der Waals surface area contributed by atoms with Crippen LogP contribution in [-0.2, 0) is 29.1 Å². The molecule has 1 aromatic carbocycles. The molecule has 2 fully saturated rings. The van der Waals surface area contributed by atoms with Gasteiger partial charge in [-0.15, -0.1) is 0 Å². The molecule has 0 bridgehead atoms. The molecule has 2 saturated heterocycles. The number of carbonyl (C=O) groups excluding carboxylic acids is 3. The van der Waals surface area contributed by atoms with Gasteiger partial charge in [0.25, 0.3) is 10.0 Å². The number of unbranched alkanes of at least 4 members (excludes halogenated alkanes) is 1. The summed E-state index contributed by atoms with van der Waals surface area (Å²) >= 11 is 0. The molecule has 0 aromatic heterocycles. The first-order valence-corrected chi connectivity index (χ1v) is 13.7. The predicted octanol–water partition coefficient (Wildman–Crippen LogP) is 0.831. The van der Waals surface area contributed by atoms with Crippen LogP contribution in [0.3, 0.4) is 0 Å². The highest BCUT2D eigenvalue weighted by molar-refractivity contribution is 7.89. The molecule has 1 amide bonds. The first-order valence-electron chi connectivity index (χ1n) is 12.3. The number of nitrogens with two attached hydrogens (primary N) is 1. The van der Waals surface area contributed by atoms with E-state index in [1.165, 1.54) is 12.1 Å². The largest absolute Gasteiger partial charge is 0.390 e. The third kappa shape index (κ3) is 6.87. The molecule has 11 heteroatoms. The molecule has 2 aliphatic heterocycles. The molecule has 194 valence electrons. The summed E-state index contributed by atoms with van der Waals surface area (Å²) in [4.78, 5) is 39.5. The number of carbonyl (C=O) groups is 3. The fourth-order valence-corrected chi connectivity index (χ4v) is 6.07. The topological polar surface area (TPSA) is 148 Å². The number of aryl methyl sites for hydroxylation is 1. The molecule has 2 heterocycles. The molecular weight excluding hydrogens is 472 g/mol. The summed E-state index contributed by atoms with van der Waals surface area (Å²) in [6.07, 6.45) is 3.15. The summed E-state index contributed by atoms with van der Waals surface area (Å²) in [5, 5.41) is 6.13. The maximum absolute atomic E-state index is 13.8. The van der Waals surface area contributed by atoms with E-state index in [4.69, 9.17) is 10.5 Å². The molecule has 4 N–H and O–H groups in total. The number of esters is 2. The number of piperidine rings is 1. The summed E-state index contributed by atoms with van der Waals surface area (Å²) in [6.45, 7) is 3.95. The van der Waals surface area contributed by atoms with E-state index in [1.54, 1.807) is 12.1 Å². The molecule has 0 saturated carbocycles. The molecular formula is C24H36N4O6S. The summed E-state index contributed by atoms with van der Waals surface area (Å²) < 4.78 is 33.5. The van der Waals surface area contributed by atoms with Gasteiger partial charge in [-0.3, -0.25) is 4.79 Å². The summed E-state index contributed by atoms with van der Waals surface area (Å²) in [5.41, 5.74) is 6.47. The molecule has 1 aromatic rings. The monoisotopic (exact) mass is 508 g/mol. The van der Waals surface area contributed by atoms with Gasteiger partial charge in [0.15, 0.2) is 0 Å². The van der Waals surface area contributed by atoms with Crippen molar-refractivity contribution in [3.63, 3.8) is 0 Å². The van der Waals surface area contributed by atoms with Crippen molar-refractivity contribution in [1.82, 2.24) is 14.9 Å². The van der Waals surface area contributed by atoms with E-state index in [9.17, 15) is 22.8 Å². The number of nitrogens with zero attached hydrogens (tertiary/aromatic N) is 1. The second-order valence-corrected chi connectivity index (χ2v) is 11.0. The molecule has 3 rings (SSSR count). The molecule has 0 spiro atoms. The molecule has 0 aliphatic carbocycles. The third-order valence-corrected chi connectivity index (χ3v) is 8.34. The molecule has 10 nitrogen and oxygen atoms in total. The van der Waals surface area contributed by atoms with Crippen molar-refractivity contribution < 1.29 is 27.5 Å². The highest BCUT2D eigenvalue weighted by Gasteiger charge is 2.44. The number of ether oxygens (including phenoxy) is 1. The van der Waals surface area contributed by atoms with Gasteiger partial charge in [-0.05, 0) is 90.2 Å². The fraction of sp³-hybridized carbons (Fsp3) is 0.625. The Morgan fingerprint density at radius 2 is 1.77 bits per heavy atom. The molecule has 0 radical (unpaired) electrons. The zero-order valence-electron chi connectivity index (χ0n) is 20.2. The first-order chi connectivity index (χ1) is 16.8. The maximum atomic E-state index is 13.8. The molecule has 2 atom stereocenters. The minimum atomic E-state index is -4.40. The van der Waals surface area contributed by atoms with Crippen molar-refractivity contribution in [2.24, 2.45) is 11.7 Å². The van der Waals surface area contributed by atoms with Gasteiger partial charge in [0.05, 0.1) is 4.90 Å². The van der Waals surface area contributed by atoms with Gasteiger partial charge in [0.2, 0.25) is 5.91 Å². The lowest BCUT2D eigenvalue weighted by Gasteiger charge is -2.33. The van der Waals surface area contributed by atoms with Crippen molar-refractivity contribution in [2.75, 3.05) is 26.2 Å². The van der Waals surface area contributed by atoms with Crippen LogP contribution in [0, 0.1) is 12.8 Å². The Bertz CT molecular complexity index is 986. The number of sulfonamides is 1. The number of hydrogen-bond acceptors (Lipinski definition) is 9. The lowest BCUT2D eigenvalue weighted by atomic mass is 9.96. The standard InChI is InChI=1S/C24H36N4O6S/c1-17-7-9-19(10-8-17)35(32,33)28(22(29)18-11-15-26-16-12-18)21(6-2-3-13-25)24(31)34-23(30)20-5-4-14-27-20/h7-10,18,20-21,26-27H,2-6,11-16,25H2,1H3/t20-,21-/m0/s1. The lowest BCUT2D eigenvalue weighted by molar-refractivity contribution is -0.165. The summed E-state index contributed by atoms with van der Waals surface area (Å²) in [5.74, 6) is -2.99. The average molecular weight is 509 g/mol. The van der Waals surface area contributed by atoms with Crippen LogP contribution in [-0.4, -0.2) is 68.8 Å². The maximum Gasteiger partial charge on any atom is 0.337 e. The van der Waals surface area contributed by atoms with E-state index < -0.39 is 45.9 Å². The molecule has 35 heavy (non-hydrogen) atoms. The van der Waals surface area contributed by atoms with Gasteiger partial charge >= 0.3 is 11.9 Å². The Morgan fingerprint density at radius 3 is 2.37 bits per heavy atom. The van der Waals surface area contributed by atoms with Gasteiger partial charge in [-0.1, -0.05) is 17.7 Å². The summed E-state index contributed by atoms with van der Waals surface area (Å²) in [6, 6.07) is 4.03. The number of benzene rings is 1. The lowest BCUT2D eigenvalue weighted by Crippen LogP contribution is -2.53. The molecule has 0 unspecified atom stereocenters. The van der Waals surface area contributed by atoms with Crippen LogP contribution in [0.4, 0.5) is 0 Å². The Morgan fingerprint density at radius 1 is 1.09 bits per heavy atom. The Balaban J connectivity index is 1.98. The minimum Gasteiger partial charge on any atom is -0.390 e. The van der Waals surface area contributed by atoms with Gasteiger partial charge in [-0.2, -0.15) is 0 Å². The van der Waals surface area contributed by atoms with E-state index in [0.29, 0.717) is 62.6 Å². The zero-order chi connectivity index (χ0) is 25.4. The smallest absolute Gasteiger partial charge is 0.337 e. The van der Waals surface area contributed by atoms with Crippen LogP contribution in [0.2, 0.25) is 0 Å². The van der Waals surface area contributed by atoms with Crippen LogP contribution in [0.5, 0.6) is 0 Å². The van der Waals surface area contributed by atoms with Crippen molar-refractivity contribution in [3.05, 3.63) is 29.8 Å². The second-order valence-electron chi connectivity index (χ2n) is 9.17. The average Bonchev–Trinajstić information content (AvgIpc) is 3.39. The van der Waals surface area contributed by atoms with Gasteiger partial charge < -0.3 is 21.1 Å². The van der Waals surface area contributed by atoms with E-state index in [2.05, 4.69) is 10.6 Å². The van der Waals surface area contributed by atoms with Crippen molar-refractivity contribution in [2.45, 2.75) is 68.8 Å². The first kappa shape index (κ1) is 27.3. The van der Waals surface area contributed by atoms with E-state index >= 15 is 0 Å². The highest BCUT2D eigenvalue weighted by Crippen LogP contribution is 2.27. The predicted molar refractivity (Wildman–Crippen MR) is 130 cm³/mol. The number of nitrogens with one attached hydrogen (secondary N) is 2. The number of rotatable bonds is 10. The van der Waals surface area contributed by atoms with Crippen LogP contribution < -0.4 is 16.4 Å². The molecule has 2 aliphatic rings. The fourth-order valence-electron chi connectivity index (χ4n) is 4.45. The van der Waals surface area contributed by atoms with Crippen molar-refractivity contribution >= 4 is 27.9 Å². The van der Waals surface area contributed by atoms with Crippen LogP contribution in [0.15, 0.2) is 29.2 Å². The summed E-state index contributed by atoms with van der Waals surface area (Å²) in [7, 11) is -4.40. The quantitative estimate of drug-likeness (QED) is 0.237. The number of amides is 1. The van der Waals surface area contributed by atoms with Crippen molar-refractivity contribution in [3.8, 4) is 0 Å². The van der Waals surface area contributed by atoms with Crippen LogP contribution in [0.1, 0.15) is 50.5 Å². The van der Waals surface area contributed by atoms with E-state index in [0.717, 1.165) is 12.0 Å². The van der Waals surface area contributed by atoms with Gasteiger partial charge in [-0.25, -0.2) is 22.3 Å². The van der Waals surface area contributed by atoms with Crippen molar-refractivity contribution in [1.29, 1.82) is 0 Å². The SMILES string of the molecule is Cc1ccc(S(=O)(=O)N(C(=O)C2CCNCC2)[C@@H](CCCCN)C(=O)OC(=O)[C@@H]2CCCN2)cc1. The van der Waals surface area contributed by atoms with Gasteiger partial charge in [0.1, 0.15) is 12.1 Å². The number of hydrogen-bond donors (Lipinski definition) is 3. The third-order valence-electron chi connectivity index (χ3n) is 6.52. The Hall–Kier alpha value is -2.34. The van der Waals surface area contributed by atoms with Gasteiger partial charge in [0, 0.05) is 5.92 Å².